The first-order valence-corrected chi connectivity index (χ1v) is 5.57. The first-order chi connectivity index (χ1) is 9.56. The van der Waals surface area contributed by atoms with E-state index in [1.165, 1.54) is 36.5 Å². The third-order valence-corrected chi connectivity index (χ3v) is 2.87. The standard InChI is InChI=1S/C12H7FN4O3/c13-9-3-1-7(2-4-9)8-5-10(17(19)20)11-14-15-12(18)16(11)6-8/h1-6H,(H,15,18). The maximum absolute atomic E-state index is 12.9. The SMILES string of the molecule is O=c1[nH]nc2c([N+](=O)[O-])cc(-c3ccc(F)cc3)cn12. The number of hydrogen-bond acceptors (Lipinski definition) is 4. The predicted molar refractivity (Wildman–Crippen MR) is 67.9 cm³/mol. The van der Waals surface area contributed by atoms with Crippen LogP contribution in [0.25, 0.3) is 16.8 Å². The van der Waals surface area contributed by atoms with Crippen molar-refractivity contribution in [1.82, 2.24) is 14.6 Å². The highest BCUT2D eigenvalue weighted by molar-refractivity contribution is 5.71. The Hall–Kier alpha value is -3.03. The number of hydrogen-bond donors (Lipinski definition) is 1. The molecule has 1 aromatic carbocycles. The molecule has 0 saturated heterocycles. The summed E-state index contributed by atoms with van der Waals surface area (Å²) >= 11 is 0. The molecule has 0 spiro atoms. The molecule has 0 atom stereocenters. The molecule has 3 rings (SSSR count). The highest BCUT2D eigenvalue weighted by atomic mass is 19.1. The summed E-state index contributed by atoms with van der Waals surface area (Å²) in [5.74, 6) is -0.412. The maximum Gasteiger partial charge on any atom is 0.347 e. The number of fused-ring (bicyclic) bond motifs is 1. The zero-order chi connectivity index (χ0) is 14.3. The van der Waals surface area contributed by atoms with Gasteiger partial charge in [0, 0.05) is 17.8 Å². The Kier molecular flexibility index (Phi) is 2.56. The molecule has 2 heterocycles. The largest absolute Gasteiger partial charge is 0.347 e. The number of benzene rings is 1. The first kappa shape index (κ1) is 12.0. The number of rotatable bonds is 2. The van der Waals surface area contributed by atoms with Crippen molar-refractivity contribution in [2.45, 2.75) is 0 Å². The van der Waals surface area contributed by atoms with E-state index in [1.54, 1.807) is 0 Å². The fourth-order valence-corrected chi connectivity index (χ4v) is 1.93. The number of nitrogens with one attached hydrogen (secondary N) is 1. The molecule has 0 aliphatic carbocycles. The summed E-state index contributed by atoms with van der Waals surface area (Å²) < 4.78 is 14.0. The lowest BCUT2D eigenvalue weighted by molar-refractivity contribution is -0.383. The molecule has 1 N–H and O–H groups in total. The van der Waals surface area contributed by atoms with Crippen molar-refractivity contribution in [3.8, 4) is 11.1 Å². The van der Waals surface area contributed by atoms with Crippen LogP contribution in [0.15, 0.2) is 41.3 Å². The second-order valence-corrected chi connectivity index (χ2v) is 4.10. The van der Waals surface area contributed by atoms with Crippen molar-refractivity contribution in [3.05, 3.63) is 62.9 Å². The van der Waals surface area contributed by atoms with E-state index in [-0.39, 0.29) is 11.3 Å². The lowest BCUT2D eigenvalue weighted by atomic mass is 10.1. The van der Waals surface area contributed by atoms with E-state index in [4.69, 9.17) is 0 Å². The number of aromatic amines is 1. The van der Waals surface area contributed by atoms with E-state index < -0.39 is 16.4 Å². The van der Waals surface area contributed by atoms with Crippen molar-refractivity contribution in [2.24, 2.45) is 0 Å². The van der Waals surface area contributed by atoms with Crippen LogP contribution in [-0.2, 0) is 0 Å². The molecule has 0 amide bonds. The van der Waals surface area contributed by atoms with Crippen molar-refractivity contribution >= 4 is 11.3 Å². The Bertz CT molecular complexity index is 867. The van der Waals surface area contributed by atoms with E-state index >= 15 is 0 Å². The van der Waals surface area contributed by atoms with Crippen LogP contribution in [0.3, 0.4) is 0 Å². The van der Waals surface area contributed by atoms with Crippen molar-refractivity contribution < 1.29 is 9.31 Å². The Morgan fingerprint density at radius 3 is 2.60 bits per heavy atom. The Balaban J connectivity index is 2.31. The van der Waals surface area contributed by atoms with Crippen molar-refractivity contribution in [3.63, 3.8) is 0 Å². The molecule has 0 aliphatic rings. The lowest BCUT2D eigenvalue weighted by Gasteiger charge is -2.03. The molecule has 0 aliphatic heterocycles. The third-order valence-electron chi connectivity index (χ3n) is 2.87. The minimum absolute atomic E-state index is 0.0640. The predicted octanol–water partition coefficient (Wildman–Crippen LogP) is 1.74. The van der Waals surface area contributed by atoms with Crippen molar-refractivity contribution in [1.29, 1.82) is 0 Å². The summed E-state index contributed by atoms with van der Waals surface area (Å²) in [5.41, 5.74) is 0.0419. The van der Waals surface area contributed by atoms with Gasteiger partial charge in [0.2, 0.25) is 5.65 Å². The summed E-state index contributed by atoms with van der Waals surface area (Å²) in [6, 6.07) is 6.73. The number of H-pyrrole nitrogens is 1. The van der Waals surface area contributed by atoms with Gasteiger partial charge in [0.05, 0.1) is 4.92 Å². The van der Waals surface area contributed by atoms with E-state index in [0.717, 1.165) is 4.40 Å². The molecule has 8 heteroatoms. The monoisotopic (exact) mass is 274 g/mol. The quantitative estimate of drug-likeness (QED) is 0.569. The molecular weight excluding hydrogens is 267 g/mol. The van der Waals surface area contributed by atoms with Gasteiger partial charge in [-0.25, -0.2) is 18.7 Å². The zero-order valence-corrected chi connectivity index (χ0v) is 9.91. The Morgan fingerprint density at radius 2 is 1.95 bits per heavy atom. The minimum Gasteiger partial charge on any atom is -0.258 e. The molecule has 0 radical (unpaired) electrons. The average Bonchev–Trinajstić information content (AvgIpc) is 2.80. The van der Waals surface area contributed by atoms with Gasteiger partial charge in [0.1, 0.15) is 5.82 Å². The molecule has 2 aromatic heterocycles. The van der Waals surface area contributed by atoms with Gasteiger partial charge in [-0.1, -0.05) is 12.1 Å². The van der Waals surface area contributed by atoms with Gasteiger partial charge in [0.25, 0.3) is 0 Å². The summed E-state index contributed by atoms with van der Waals surface area (Å²) in [6.45, 7) is 0. The fraction of sp³-hybridized carbons (Fsp3) is 0. The fourth-order valence-electron chi connectivity index (χ4n) is 1.93. The first-order valence-electron chi connectivity index (χ1n) is 5.57. The van der Waals surface area contributed by atoms with Crippen LogP contribution >= 0.6 is 0 Å². The van der Waals surface area contributed by atoms with Gasteiger partial charge < -0.3 is 0 Å². The number of nitro groups is 1. The highest BCUT2D eigenvalue weighted by Gasteiger charge is 2.18. The highest BCUT2D eigenvalue weighted by Crippen LogP contribution is 2.26. The molecule has 0 saturated carbocycles. The molecule has 0 unspecified atom stereocenters. The van der Waals surface area contributed by atoms with Gasteiger partial charge in [-0.3, -0.25) is 10.1 Å². The van der Waals surface area contributed by atoms with Crippen LogP contribution in [0.1, 0.15) is 0 Å². The number of nitrogens with zero attached hydrogens (tertiary/aromatic N) is 3. The summed E-state index contributed by atoms with van der Waals surface area (Å²) in [7, 11) is 0. The van der Waals surface area contributed by atoms with Gasteiger partial charge in [-0.05, 0) is 17.7 Å². The van der Waals surface area contributed by atoms with Crippen LogP contribution in [0.5, 0.6) is 0 Å². The number of pyridine rings is 1. The molecule has 0 bridgehead atoms. The van der Waals surface area contributed by atoms with Crippen LogP contribution in [-0.4, -0.2) is 19.5 Å². The molecule has 20 heavy (non-hydrogen) atoms. The molecule has 0 fully saturated rings. The number of halogens is 1. The summed E-state index contributed by atoms with van der Waals surface area (Å²) in [5, 5.41) is 16.8. The number of aromatic nitrogens is 3. The topological polar surface area (TPSA) is 93.3 Å². The smallest absolute Gasteiger partial charge is 0.258 e. The second-order valence-electron chi connectivity index (χ2n) is 4.10. The van der Waals surface area contributed by atoms with E-state index in [2.05, 4.69) is 10.2 Å². The van der Waals surface area contributed by atoms with E-state index in [9.17, 15) is 19.3 Å². The summed E-state index contributed by atoms with van der Waals surface area (Å²) in [4.78, 5) is 22.0. The normalized spacial score (nSPS) is 10.8. The zero-order valence-electron chi connectivity index (χ0n) is 9.91. The van der Waals surface area contributed by atoms with Gasteiger partial charge in [-0.2, -0.15) is 0 Å². The molecule has 7 nitrogen and oxygen atoms in total. The summed E-state index contributed by atoms with van der Waals surface area (Å²) in [6.07, 6.45) is 1.42. The third kappa shape index (κ3) is 1.83. The van der Waals surface area contributed by atoms with Gasteiger partial charge in [0.15, 0.2) is 0 Å². The molecular formula is C12H7FN4O3. The van der Waals surface area contributed by atoms with Crippen molar-refractivity contribution in [2.75, 3.05) is 0 Å². The Morgan fingerprint density at radius 1 is 1.25 bits per heavy atom. The Labute approximate surface area is 110 Å². The molecule has 100 valence electrons. The van der Waals surface area contributed by atoms with Gasteiger partial charge in [-0.15, -0.1) is 5.10 Å². The van der Waals surface area contributed by atoms with E-state index in [0.29, 0.717) is 11.1 Å². The lowest BCUT2D eigenvalue weighted by Crippen LogP contribution is -2.09. The van der Waals surface area contributed by atoms with Gasteiger partial charge >= 0.3 is 11.4 Å². The van der Waals surface area contributed by atoms with Crippen LogP contribution in [0.2, 0.25) is 0 Å². The molecule has 3 aromatic rings. The average molecular weight is 274 g/mol. The van der Waals surface area contributed by atoms with Crippen LogP contribution in [0, 0.1) is 15.9 Å². The second kappa shape index (κ2) is 4.26. The van der Waals surface area contributed by atoms with Crippen LogP contribution < -0.4 is 5.69 Å². The van der Waals surface area contributed by atoms with Crippen LogP contribution in [0.4, 0.5) is 10.1 Å². The van der Waals surface area contributed by atoms with E-state index in [1.807, 2.05) is 0 Å². The maximum atomic E-state index is 12.9. The minimum atomic E-state index is -0.622.